The van der Waals surface area contributed by atoms with E-state index in [-0.39, 0.29) is 10.7 Å². The van der Waals surface area contributed by atoms with Gasteiger partial charge in [-0.15, -0.1) is 0 Å². The van der Waals surface area contributed by atoms with Crippen molar-refractivity contribution in [3.05, 3.63) is 51.5 Å². The molecule has 0 heterocycles. The molecule has 0 amide bonds. The van der Waals surface area contributed by atoms with E-state index in [1.165, 1.54) is 18.2 Å². The fourth-order valence-corrected chi connectivity index (χ4v) is 3.09. The van der Waals surface area contributed by atoms with E-state index in [2.05, 4.69) is 20.7 Å². The summed E-state index contributed by atoms with van der Waals surface area (Å²) in [5.74, 6) is -2.27. The third kappa shape index (κ3) is 3.45. The van der Waals surface area contributed by atoms with Crippen LogP contribution in [0.15, 0.2) is 39.7 Å². The quantitative estimate of drug-likeness (QED) is 0.775. The minimum absolute atomic E-state index is 0.130. The predicted octanol–water partition coefficient (Wildman–Crippen LogP) is 3.76. The maximum absolute atomic E-state index is 13.6. The van der Waals surface area contributed by atoms with Crippen LogP contribution >= 0.6 is 27.5 Å². The Morgan fingerprint density at radius 3 is 2.43 bits per heavy atom. The molecule has 4 nitrogen and oxygen atoms in total. The average Bonchev–Trinajstić information content (AvgIpc) is 2.37. The Morgan fingerprint density at radius 2 is 1.81 bits per heavy atom. The standard InChI is InChI=1S/C12H8BrClF2N2O2S/c13-7-2-1-6(3-8(7)14)18-21(19,20)12-5-11(17)9(15)4-10(12)16/h1-5,18H,17H2. The maximum Gasteiger partial charge on any atom is 0.264 e. The van der Waals surface area contributed by atoms with E-state index in [1.54, 1.807) is 0 Å². The third-order valence-electron chi connectivity index (χ3n) is 2.51. The fraction of sp³-hybridized carbons (Fsp3) is 0. The number of benzene rings is 2. The first kappa shape index (κ1) is 16.0. The first-order valence-electron chi connectivity index (χ1n) is 5.43. The Labute approximate surface area is 133 Å². The number of hydrogen-bond donors (Lipinski definition) is 2. The molecule has 0 aliphatic rings. The van der Waals surface area contributed by atoms with Crippen LogP contribution in [0.4, 0.5) is 20.2 Å². The monoisotopic (exact) mass is 396 g/mol. The minimum atomic E-state index is -4.26. The second kappa shape index (κ2) is 5.78. The average molecular weight is 398 g/mol. The van der Waals surface area contributed by atoms with Crippen molar-refractivity contribution in [3.8, 4) is 0 Å². The summed E-state index contributed by atoms with van der Waals surface area (Å²) in [5, 5.41) is 0.272. The normalized spacial score (nSPS) is 11.4. The molecule has 0 fully saturated rings. The van der Waals surface area contributed by atoms with Gasteiger partial charge in [0.05, 0.1) is 16.4 Å². The minimum Gasteiger partial charge on any atom is -0.396 e. The highest BCUT2D eigenvalue weighted by Crippen LogP contribution is 2.28. The van der Waals surface area contributed by atoms with Crippen LogP contribution in [-0.2, 0) is 10.0 Å². The van der Waals surface area contributed by atoms with Crippen molar-refractivity contribution in [3.63, 3.8) is 0 Å². The van der Waals surface area contributed by atoms with Gasteiger partial charge in [-0.25, -0.2) is 17.2 Å². The second-order valence-electron chi connectivity index (χ2n) is 4.04. The molecule has 0 saturated heterocycles. The number of rotatable bonds is 3. The van der Waals surface area contributed by atoms with Crippen molar-refractivity contribution >= 4 is 48.9 Å². The number of halogens is 4. The lowest BCUT2D eigenvalue weighted by molar-refractivity contribution is 0.553. The zero-order valence-electron chi connectivity index (χ0n) is 10.2. The summed E-state index contributed by atoms with van der Waals surface area (Å²) >= 11 is 9.00. The van der Waals surface area contributed by atoms with Crippen LogP contribution in [0.1, 0.15) is 0 Å². The third-order valence-corrected chi connectivity index (χ3v) is 5.14. The molecule has 0 aromatic heterocycles. The highest BCUT2D eigenvalue weighted by molar-refractivity contribution is 9.10. The van der Waals surface area contributed by atoms with Crippen molar-refractivity contribution in [1.82, 2.24) is 0 Å². The van der Waals surface area contributed by atoms with E-state index >= 15 is 0 Å². The molecule has 0 aliphatic carbocycles. The van der Waals surface area contributed by atoms with Gasteiger partial charge < -0.3 is 5.73 Å². The molecule has 0 aliphatic heterocycles. The summed E-state index contributed by atoms with van der Waals surface area (Å²) in [5.41, 5.74) is 4.93. The van der Waals surface area contributed by atoms with Gasteiger partial charge >= 0.3 is 0 Å². The van der Waals surface area contributed by atoms with Gasteiger partial charge in [-0.05, 0) is 40.2 Å². The maximum atomic E-state index is 13.6. The van der Waals surface area contributed by atoms with Crippen LogP contribution in [-0.4, -0.2) is 8.42 Å². The molecule has 2 rings (SSSR count). The lowest BCUT2D eigenvalue weighted by atomic mass is 10.3. The SMILES string of the molecule is Nc1cc(S(=O)(=O)Nc2ccc(Br)c(Cl)c2)c(F)cc1F. The van der Waals surface area contributed by atoms with Gasteiger partial charge in [0, 0.05) is 10.5 Å². The molecular weight excluding hydrogens is 390 g/mol. The van der Waals surface area contributed by atoms with Crippen molar-refractivity contribution < 1.29 is 17.2 Å². The molecular formula is C12H8BrClF2N2O2S. The molecule has 0 saturated carbocycles. The van der Waals surface area contributed by atoms with Crippen LogP contribution in [0.25, 0.3) is 0 Å². The molecule has 0 spiro atoms. The van der Waals surface area contributed by atoms with E-state index in [1.807, 2.05) is 0 Å². The van der Waals surface area contributed by atoms with Gasteiger partial charge in [0.1, 0.15) is 16.5 Å². The van der Waals surface area contributed by atoms with Crippen LogP contribution < -0.4 is 10.5 Å². The van der Waals surface area contributed by atoms with E-state index in [0.717, 1.165) is 0 Å². The molecule has 112 valence electrons. The van der Waals surface area contributed by atoms with Gasteiger partial charge in [0.25, 0.3) is 10.0 Å². The van der Waals surface area contributed by atoms with Crippen molar-refractivity contribution in [1.29, 1.82) is 0 Å². The van der Waals surface area contributed by atoms with Crippen LogP contribution in [0.3, 0.4) is 0 Å². The highest BCUT2D eigenvalue weighted by atomic mass is 79.9. The lowest BCUT2D eigenvalue weighted by Gasteiger charge is -2.10. The first-order chi connectivity index (χ1) is 9.70. The number of anilines is 2. The van der Waals surface area contributed by atoms with Crippen LogP contribution in [0, 0.1) is 11.6 Å². The topological polar surface area (TPSA) is 72.2 Å². The molecule has 3 N–H and O–H groups in total. The number of nitrogens with one attached hydrogen (secondary N) is 1. The first-order valence-corrected chi connectivity index (χ1v) is 8.08. The molecule has 0 bridgehead atoms. The largest absolute Gasteiger partial charge is 0.396 e. The Balaban J connectivity index is 2.43. The van der Waals surface area contributed by atoms with Gasteiger partial charge in [-0.1, -0.05) is 11.6 Å². The fourth-order valence-electron chi connectivity index (χ4n) is 1.52. The Bertz CT molecular complexity index is 815. The predicted molar refractivity (Wildman–Crippen MR) is 80.7 cm³/mol. The van der Waals surface area contributed by atoms with Crippen LogP contribution in [0.5, 0.6) is 0 Å². The summed E-state index contributed by atoms with van der Waals surface area (Å²) in [6.07, 6.45) is 0. The Hall–Kier alpha value is -1.38. The zero-order valence-corrected chi connectivity index (χ0v) is 13.4. The molecule has 0 atom stereocenters. The highest BCUT2D eigenvalue weighted by Gasteiger charge is 2.21. The lowest BCUT2D eigenvalue weighted by Crippen LogP contribution is -2.15. The molecule has 0 unspecified atom stereocenters. The van der Waals surface area contributed by atoms with E-state index in [9.17, 15) is 17.2 Å². The molecule has 0 radical (unpaired) electrons. The second-order valence-corrected chi connectivity index (χ2v) is 6.95. The van der Waals surface area contributed by atoms with Gasteiger partial charge in [0.2, 0.25) is 0 Å². The van der Waals surface area contributed by atoms with Gasteiger partial charge in [-0.2, -0.15) is 0 Å². The number of sulfonamides is 1. The number of nitrogen functional groups attached to an aromatic ring is 1. The van der Waals surface area contributed by atoms with Crippen molar-refractivity contribution in [2.75, 3.05) is 10.5 Å². The summed E-state index contributed by atoms with van der Waals surface area (Å²) in [6.45, 7) is 0. The molecule has 9 heteroatoms. The Kier molecular flexibility index (Phi) is 4.40. The summed E-state index contributed by atoms with van der Waals surface area (Å²) < 4.78 is 53.6. The van der Waals surface area contributed by atoms with E-state index in [0.29, 0.717) is 16.6 Å². The van der Waals surface area contributed by atoms with Crippen LogP contribution in [0.2, 0.25) is 5.02 Å². The number of nitrogens with two attached hydrogens (primary N) is 1. The van der Waals surface area contributed by atoms with Gasteiger partial charge in [-0.3, -0.25) is 4.72 Å². The van der Waals surface area contributed by atoms with Gasteiger partial charge in [0.15, 0.2) is 0 Å². The molecule has 2 aromatic carbocycles. The summed E-state index contributed by atoms with van der Waals surface area (Å²) in [4.78, 5) is -0.750. The summed E-state index contributed by atoms with van der Waals surface area (Å²) in [7, 11) is -4.26. The zero-order chi connectivity index (χ0) is 15.8. The number of hydrogen-bond acceptors (Lipinski definition) is 3. The Morgan fingerprint density at radius 1 is 1.14 bits per heavy atom. The van der Waals surface area contributed by atoms with Crippen molar-refractivity contribution in [2.45, 2.75) is 4.90 Å². The van der Waals surface area contributed by atoms with E-state index in [4.69, 9.17) is 17.3 Å². The molecule has 21 heavy (non-hydrogen) atoms. The van der Waals surface area contributed by atoms with E-state index < -0.39 is 32.2 Å². The summed E-state index contributed by atoms with van der Waals surface area (Å²) in [6, 6.07) is 5.42. The van der Waals surface area contributed by atoms with Crippen molar-refractivity contribution in [2.24, 2.45) is 0 Å². The molecule has 2 aromatic rings. The smallest absolute Gasteiger partial charge is 0.264 e.